The second kappa shape index (κ2) is 3.85. The van der Waals surface area contributed by atoms with E-state index in [2.05, 4.69) is 29.6 Å². The molecule has 0 aromatic heterocycles. The number of nitrogens with one attached hydrogen (secondary N) is 1. The normalized spacial score (nSPS) is 22.5. The molecule has 1 nitrogen and oxygen atoms in total. The van der Waals surface area contributed by atoms with Crippen LogP contribution in [0.3, 0.4) is 0 Å². The first-order valence-electron chi connectivity index (χ1n) is 4.38. The van der Waals surface area contributed by atoms with Crippen molar-refractivity contribution in [1.82, 2.24) is 0 Å². The van der Waals surface area contributed by atoms with E-state index in [4.69, 9.17) is 0 Å². The zero-order chi connectivity index (χ0) is 8.23. The van der Waals surface area contributed by atoms with Gasteiger partial charge in [0, 0.05) is 5.69 Å². The molecule has 1 N–H and O–H groups in total. The van der Waals surface area contributed by atoms with Gasteiger partial charge in [-0.3, -0.25) is 0 Å². The Morgan fingerprint density at radius 2 is 2.08 bits per heavy atom. The van der Waals surface area contributed by atoms with Crippen LogP contribution in [0.5, 0.6) is 0 Å². The molecule has 1 aromatic rings. The Balaban J connectivity index is 1.94. The largest absolute Gasteiger partial charge is 0.373 e. The lowest BCUT2D eigenvalue weighted by molar-refractivity contribution is 0.847. The van der Waals surface area contributed by atoms with Crippen LogP contribution >= 0.6 is 11.8 Å². The van der Waals surface area contributed by atoms with Gasteiger partial charge in [0.15, 0.2) is 0 Å². The number of para-hydroxylation sites is 1. The molecule has 1 unspecified atom stereocenters. The summed E-state index contributed by atoms with van der Waals surface area (Å²) < 4.78 is 0. The maximum Gasteiger partial charge on any atom is 0.0722 e. The summed E-state index contributed by atoms with van der Waals surface area (Å²) in [5, 5.41) is 4.15. The zero-order valence-electron chi connectivity index (χ0n) is 6.99. The third-order valence-electron chi connectivity index (χ3n) is 2.03. The maximum absolute atomic E-state index is 3.50. The lowest BCUT2D eigenvalue weighted by atomic mass is 10.3. The SMILES string of the molecule is c1ccc(NC2CCCS2)cc1. The number of thioether (sulfide) groups is 1. The minimum Gasteiger partial charge on any atom is -0.373 e. The average Bonchev–Trinajstić information content (AvgIpc) is 2.59. The Bertz CT molecular complexity index is 229. The second-order valence-electron chi connectivity index (χ2n) is 3.01. The first kappa shape index (κ1) is 7.99. The van der Waals surface area contributed by atoms with Crippen molar-refractivity contribution >= 4 is 17.4 Å². The van der Waals surface area contributed by atoms with Crippen LogP contribution in [0.25, 0.3) is 0 Å². The van der Waals surface area contributed by atoms with Gasteiger partial charge in [0.1, 0.15) is 0 Å². The Hall–Kier alpha value is -0.630. The number of anilines is 1. The van der Waals surface area contributed by atoms with Gasteiger partial charge in [-0.05, 0) is 30.7 Å². The minimum absolute atomic E-state index is 0.646. The van der Waals surface area contributed by atoms with Crippen molar-refractivity contribution < 1.29 is 0 Å². The second-order valence-corrected chi connectivity index (χ2v) is 4.32. The Labute approximate surface area is 77.6 Å². The molecule has 1 aliphatic heterocycles. The zero-order valence-corrected chi connectivity index (χ0v) is 7.81. The first-order chi connectivity index (χ1) is 5.95. The minimum atomic E-state index is 0.646. The third-order valence-corrected chi connectivity index (χ3v) is 3.31. The molecule has 0 radical (unpaired) electrons. The van der Waals surface area contributed by atoms with Crippen molar-refractivity contribution in [3.05, 3.63) is 30.3 Å². The predicted molar refractivity (Wildman–Crippen MR) is 55.5 cm³/mol. The molecule has 2 rings (SSSR count). The lowest BCUT2D eigenvalue weighted by Gasteiger charge is -2.11. The van der Waals surface area contributed by atoms with Crippen molar-refractivity contribution in [3.63, 3.8) is 0 Å². The van der Waals surface area contributed by atoms with Gasteiger partial charge in [0.25, 0.3) is 0 Å². The van der Waals surface area contributed by atoms with Gasteiger partial charge in [0.2, 0.25) is 0 Å². The van der Waals surface area contributed by atoms with E-state index in [1.165, 1.54) is 24.3 Å². The van der Waals surface area contributed by atoms with E-state index in [9.17, 15) is 0 Å². The van der Waals surface area contributed by atoms with Gasteiger partial charge < -0.3 is 5.32 Å². The summed E-state index contributed by atoms with van der Waals surface area (Å²) in [6, 6.07) is 10.4. The number of benzene rings is 1. The Morgan fingerprint density at radius 1 is 1.25 bits per heavy atom. The average molecular weight is 179 g/mol. The van der Waals surface area contributed by atoms with Gasteiger partial charge in [-0.25, -0.2) is 0 Å². The highest BCUT2D eigenvalue weighted by Crippen LogP contribution is 2.27. The monoisotopic (exact) mass is 179 g/mol. The predicted octanol–water partition coefficient (Wildman–Crippen LogP) is 2.95. The van der Waals surface area contributed by atoms with Crippen LogP contribution in [0.1, 0.15) is 12.8 Å². The number of rotatable bonds is 2. The van der Waals surface area contributed by atoms with Gasteiger partial charge in [-0.2, -0.15) is 0 Å². The molecule has 1 aromatic carbocycles. The van der Waals surface area contributed by atoms with Gasteiger partial charge in [-0.15, -0.1) is 11.8 Å². The standard InChI is InChI=1S/C10H13NS/c1-2-5-9(6-3-1)11-10-7-4-8-12-10/h1-3,5-6,10-11H,4,7-8H2. The fraction of sp³-hybridized carbons (Fsp3) is 0.400. The Kier molecular flexibility index (Phi) is 2.57. The molecule has 12 heavy (non-hydrogen) atoms. The molecule has 1 heterocycles. The topological polar surface area (TPSA) is 12.0 Å². The third kappa shape index (κ3) is 1.95. The molecule has 1 aliphatic rings. The summed E-state index contributed by atoms with van der Waals surface area (Å²) in [7, 11) is 0. The fourth-order valence-corrected chi connectivity index (χ4v) is 2.58. The summed E-state index contributed by atoms with van der Waals surface area (Å²) >= 11 is 2.03. The van der Waals surface area contributed by atoms with E-state index in [-0.39, 0.29) is 0 Å². The van der Waals surface area contributed by atoms with E-state index in [1.54, 1.807) is 0 Å². The highest BCUT2D eigenvalue weighted by atomic mass is 32.2. The molecule has 1 saturated heterocycles. The van der Waals surface area contributed by atoms with Crippen LogP contribution in [0.15, 0.2) is 30.3 Å². The first-order valence-corrected chi connectivity index (χ1v) is 5.43. The molecule has 0 bridgehead atoms. The fourth-order valence-electron chi connectivity index (χ4n) is 1.41. The quantitative estimate of drug-likeness (QED) is 0.749. The molecule has 2 heteroatoms. The maximum atomic E-state index is 3.50. The van der Waals surface area contributed by atoms with E-state index in [1.807, 2.05) is 17.8 Å². The van der Waals surface area contributed by atoms with Crippen molar-refractivity contribution in [3.8, 4) is 0 Å². The molecule has 0 amide bonds. The highest BCUT2D eigenvalue weighted by molar-refractivity contribution is 8.00. The van der Waals surface area contributed by atoms with Gasteiger partial charge in [0.05, 0.1) is 5.37 Å². The number of hydrogen-bond acceptors (Lipinski definition) is 2. The van der Waals surface area contributed by atoms with Gasteiger partial charge in [-0.1, -0.05) is 18.2 Å². The molecular weight excluding hydrogens is 166 g/mol. The van der Waals surface area contributed by atoms with Crippen LogP contribution < -0.4 is 5.32 Å². The smallest absolute Gasteiger partial charge is 0.0722 e. The Morgan fingerprint density at radius 3 is 2.75 bits per heavy atom. The number of hydrogen-bond donors (Lipinski definition) is 1. The van der Waals surface area contributed by atoms with Gasteiger partial charge >= 0.3 is 0 Å². The summed E-state index contributed by atoms with van der Waals surface area (Å²) in [6.07, 6.45) is 2.66. The van der Waals surface area contributed by atoms with Crippen molar-refractivity contribution in [2.24, 2.45) is 0 Å². The van der Waals surface area contributed by atoms with Crippen molar-refractivity contribution in [2.75, 3.05) is 11.1 Å². The van der Waals surface area contributed by atoms with Crippen LogP contribution in [0, 0.1) is 0 Å². The molecule has 1 atom stereocenters. The van der Waals surface area contributed by atoms with E-state index >= 15 is 0 Å². The molecule has 0 spiro atoms. The molecule has 0 aliphatic carbocycles. The molecule has 64 valence electrons. The van der Waals surface area contributed by atoms with E-state index < -0.39 is 0 Å². The van der Waals surface area contributed by atoms with Crippen LogP contribution in [0.2, 0.25) is 0 Å². The summed E-state index contributed by atoms with van der Waals surface area (Å²) in [4.78, 5) is 0. The molecule has 1 fully saturated rings. The highest BCUT2D eigenvalue weighted by Gasteiger charge is 2.14. The summed E-state index contributed by atoms with van der Waals surface area (Å²) in [5.74, 6) is 1.31. The lowest BCUT2D eigenvalue weighted by Crippen LogP contribution is -2.10. The van der Waals surface area contributed by atoms with Crippen LogP contribution in [-0.4, -0.2) is 11.1 Å². The van der Waals surface area contributed by atoms with Crippen molar-refractivity contribution in [2.45, 2.75) is 18.2 Å². The van der Waals surface area contributed by atoms with E-state index in [0.717, 1.165) is 0 Å². The van der Waals surface area contributed by atoms with Crippen molar-refractivity contribution in [1.29, 1.82) is 0 Å². The molecule has 0 saturated carbocycles. The van der Waals surface area contributed by atoms with E-state index in [0.29, 0.717) is 5.37 Å². The summed E-state index contributed by atoms with van der Waals surface area (Å²) in [6.45, 7) is 0. The van der Waals surface area contributed by atoms with Crippen LogP contribution in [0.4, 0.5) is 5.69 Å². The molecular formula is C10H13NS. The summed E-state index contributed by atoms with van der Waals surface area (Å²) in [5.41, 5.74) is 1.25. The van der Waals surface area contributed by atoms with Crippen LogP contribution in [-0.2, 0) is 0 Å².